The summed E-state index contributed by atoms with van der Waals surface area (Å²) >= 11 is 0. The maximum atomic E-state index is 12.6. The normalized spacial score (nSPS) is 28.3. The summed E-state index contributed by atoms with van der Waals surface area (Å²) in [4.78, 5) is 12.6. The molecule has 0 saturated heterocycles. The summed E-state index contributed by atoms with van der Waals surface area (Å²) < 4.78 is 15.9. The zero-order valence-corrected chi connectivity index (χ0v) is 14.6. The highest BCUT2D eigenvalue weighted by atomic mass is 16.5. The van der Waals surface area contributed by atoms with Gasteiger partial charge < -0.3 is 25.3 Å². The van der Waals surface area contributed by atoms with Gasteiger partial charge in [0.1, 0.15) is 0 Å². The van der Waals surface area contributed by atoms with Crippen LogP contribution < -0.4 is 25.3 Å². The number of nitrogens with one attached hydrogen (secondary N) is 1. The molecule has 1 aromatic rings. The number of nitrogens with two attached hydrogens (primary N) is 1. The summed E-state index contributed by atoms with van der Waals surface area (Å²) in [6, 6.07) is 3.93. The van der Waals surface area contributed by atoms with E-state index in [1.807, 2.05) is 0 Å². The number of hydrogen-bond acceptors (Lipinski definition) is 5. The van der Waals surface area contributed by atoms with Crippen molar-refractivity contribution >= 4 is 5.91 Å². The molecule has 0 radical (unpaired) electrons. The molecular formula is C18H26N2O4. The Hall–Kier alpha value is -1.95. The van der Waals surface area contributed by atoms with E-state index in [1.54, 1.807) is 33.5 Å². The van der Waals surface area contributed by atoms with Crippen LogP contribution in [-0.4, -0.2) is 39.3 Å². The third kappa shape index (κ3) is 3.02. The van der Waals surface area contributed by atoms with Crippen LogP contribution in [0.25, 0.3) is 0 Å². The second-order valence-electron chi connectivity index (χ2n) is 6.84. The molecule has 0 heterocycles. The molecule has 6 heteroatoms. The van der Waals surface area contributed by atoms with Gasteiger partial charge in [-0.25, -0.2) is 0 Å². The van der Waals surface area contributed by atoms with Crippen molar-refractivity contribution in [2.45, 2.75) is 44.2 Å². The van der Waals surface area contributed by atoms with E-state index < -0.39 is 0 Å². The third-order valence-corrected chi connectivity index (χ3v) is 5.45. The molecule has 24 heavy (non-hydrogen) atoms. The van der Waals surface area contributed by atoms with Crippen molar-refractivity contribution in [3.63, 3.8) is 0 Å². The lowest BCUT2D eigenvalue weighted by Crippen LogP contribution is -2.34. The molecular weight excluding hydrogens is 308 g/mol. The van der Waals surface area contributed by atoms with Gasteiger partial charge in [-0.2, -0.15) is 0 Å². The number of rotatable bonds is 5. The molecule has 1 atom stereocenters. The van der Waals surface area contributed by atoms with Crippen LogP contribution in [0.3, 0.4) is 0 Å². The van der Waals surface area contributed by atoms with E-state index >= 15 is 0 Å². The zero-order chi connectivity index (χ0) is 17.3. The molecule has 2 fully saturated rings. The molecule has 132 valence electrons. The van der Waals surface area contributed by atoms with Crippen LogP contribution in [-0.2, 0) is 0 Å². The minimum absolute atomic E-state index is 0.106. The highest BCUT2D eigenvalue weighted by Gasteiger charge is 2.55. The lowest BCUT2D eigenvalue weighted by Gasteiger charge is -2.27. The fraction of sp³-hybridized carbons (Fsp3) is 0.611. The van der Waals surface area contributed by atoms with Gasteiger partial charge in [0.2, 0.25) is 5.75 Å². The molecule has 1 amide bonds. The molecule has 0 bridgehead atoms. The zero-order valence-electron chi connectivity index (χ0n) is 14.6. The number of carbonyl (C=O) groups is 1. The fourth-order valence-corrected chi connectivity index (χ4v) is 3.77. The van der Waals surface area contributed by atoms with Gasteiger partial charge in [0.15, 0.2) is 11.5 Å². The van der Waals surface area contributed by atoms with E-state index in [0.717, 1.165) is 32.1 Å². The number of methoxy groups -OCH3 is 3. The van der Waals surface area contributed by atoms with Crippen molar-refractivity contribution in [3.05, 3.63) is 17.7 Å². The van der Waals surface area contributed by atoms with Gasteiger partial charge in [-0.15, -0.1) is 0 Å². The lowest BCUT2D eigenvalue weighted by molar-refractivity contribution is 0.0940. The minimum Gasteiger partial charge on any atom is -0.493 e. The Morgan fingerprint density at radius 3 is 2.21 bits per heavy atom. The molecule has 3 rings (SSSR count). The molecule has 2 aliphatic rings. The molecule has 0 aliphatic heterocycles. The molecule has 1 aromatic carbocycles. The maximum absolute atomic E-state index is 12.6. The van der Waals surface area contributed by atoms with Gasteiger partial charge in [-0.1, -0.05) is 0 Å². The summed E-state index contributed by atoms with van der Waals surface area (Å²) in [5.41, 5.74) is 6.77. The predicted octanol–water partition coefficient (Wildman–Crippen LogP) is 2.10. The Kier molecular flexibility index (Phi) is 4.58. The first-order valence-electron chi connectivity index (χ1n) is 8.39. The SMILES string of the molecule is COc1cc(C(=O)NC2CC23CCC(N)CC3)cc(OC)c1OC. The van der Waals surface area contributed by atoms with Crippen molar-refractivity contribution in [3.8, 4) is 17.2 Å². The third-order valence-electron chi connectivity index (χ3n) is 5.45. The highest BCUT2D eigenvalue weighted by Crippen LogP contribution is 2.56. The first-order chi connectivity index (χ1) is 11.5. The van der Waals surface area contributed by atoms with Gasteiger partial charge in [0.05, 0.1) is 21.3 Å². The van der Waals surface area contributed by atoms with Crippen molar-refractivity contribution < 1.29 is 19.0 Å². The largest absolute Gasteiger partial charge is 0.493 e. The Morgan fingerprint density at radius 2 is 1.71 bits per heavy atom. The van der Waals surface area contributed by atoms with E-state index in [0.29, 0.717) is 28.9 Å². The number of hydrogen-bond donors (Lipinski definition) is 2. The number of amides is 1. The second kappa shape index (κ2) is 6.51. The summed E-state index contributed by atoms with van der Waals surface area (Å²) in [6.07, 6.45) is 5.37. The maximum Gasteiger partial charge on any atom is 0.251 e. The summed E-state index contributed by atoms with van der Waals surface area (Å²) in [6.45, 7) is 0. The summed E-state index contributed by atoms with van der Waals surface area (Å²) in [7, 11) is 4.63. The van der Waals surface area contributed by atoms with Crippen LogP contribution in [0.15, 0.2) is 12.1 Å². The average molecular weight is 334 g/mol. The van der Waals surface area contributed by atoms with Gasteiger partial charge in [0, 0.05) is 17.6 Å². The van der Waals surface area contributed by atoms with E-state index in [-0.39, 0.29) is 17.4 Å². The topological polar surface area (TPSA) is 82.8 Å². The van der Waals surface area contributed by atoms with Crippen molar-refractivity contribution in [1.29, 1.82) is 0 Å². The average Bonchev–Trinajstić information content (AvgIpc) is 3.27. The van der Waals surface area contributed by atoms with E-state index in [1.165, 1.54) is 0 Å². The molecule has 6 nitrogen and oxygen atoms in total. The van der Waals surface area contributed by atoms with E-state index in [9.17, 15) is 4.79 Å². The number of carbonyl (C=O) groups excluding carboxylic acids is 1. The van der Waals surface area contributed by atoms with Crippen LogP contribution in [0.2, 0.25) is 0 Å². The minimum atomic E-state index is -0.106. The molecule has 0 aromatic heterocycles. The molecule has 1 spiro atoms. The van der Waals surface area contributed by atoms with Gasteiger partial charge in [-0.05, 0) is 49.7 Å². The Labute approximate surface area is 142 Å². The lowest BCUT2D eigenvalue weighted by atomic mass is 9.83. The van der Waals surface area contributed by atoms with Crippen molar-refractivity contribution in [1.82, 2.24) is 5.32 Å². The smallest absolute Gasteiger partial charge is 0.251 e. The van der Waals surface area contributed by atoms with Crippen LogP contribution >= 0.6 is 0 Å². The first-order valence-corrected chi connectivity index (χ1v) is 8.39. The number of ether oxygens (including phenoxy) is 3. The Bertz CT molecular complexity index is 598. The monoisotopic (exact) mass is 334 g/mol. The Balaban J connectivity index is 1.72. The van der Waals surface area contributed by atoms with Crippen LogP contribution in [0.5, 0.6) is 17.2 Å². The van der Waals surface area contributed by atoms with Gasteiger partial charge in [0.25, 0.3) is 5.91 Å². The molecule has 3 N–H and O–H groups in total. The van der Waals surface area contributed by atoms with E-state index in [4.69, 9.17) is 19.9 Å². The molecule has 2 aliphatic carbocycles. The quantitative estimate of drug-likeness (QED) is 0.862. The number of benzene rings is 1. The van der Waals surface area contributed by atoms with Crippen LogP contribution in [0.4, 0.5) is 0 Å². The molecule has 2 saturated carbocycles. The van der Waals surface area contributed by atoms with E-state index in [2.05, 4.69) is 5.32 Å². The summed E-state index contributed by atoms with van der Waals surface area (Å²) in [5, 5.41) is 3.15. The Morgan fingerprint density at radius 1 is 1.12 bits per heavy atom. The van der Waals surface area contributed by atoms with Gasteiger partial charge in [-0.3, -0.25) is 4.79 Å². The van der Waals surface area contributed by atoms with Crippen molar-refractivity contribution in [2.24, 2.45) is 11.1 Å². The predicted molar refractivity (Wildman–Crippen MR) is 90.8 cm³/mol. The standard InChI is InChI=1S/C18H26N2O4/c1-22-13-8-11(9-14(23-2)16(13)24-3)17(21)20-15-10-18(15)6-4-12(19)5-7-18/h8-9,12,15H,4-7,10,19H2,1-3H3,(H,20,21). The first kappa shape index (κ1) is 16.9. The fourth-order valence-electron chi connectivity index (χ4n) is 3.77. The van der Waals surface area contributed by atoms with Crippen LogP contribution in [0, 0.1) is 5.41 Å². The van der Waals surface area contributed by atoms with Gasteiger partial charge >= 0.3 is 0 Å². The van der Waals surface area contributed by atoms with Crippen molar-refractivity contribution in [2.75, 3.05) is 21.3 Å². The highest BCUT2D eigenvalue weighted by molar-refractivity contribution is 5.96. The second-order valence-corrected chi connectivity index (χ2v) is 6.84. The molecule has 1 unspecified atom stereocenters. The van der Waals surface area contributed by atoms with Crippen LogP contribution in [0.1, 0.15) is 42.5 Å². The summed E-state index contributed by atoms with van der Waals surface area (Å²) in [5.74, 6) is 1.35.